The van der Waals surface area contributed by atoms with E-state index in [0.29, 0.717) is 5.69 Å². The van der Waals surface area contributed by atoms with Crippen molar-refractivity contribution in [2.24, 2.45) is 0 Å². The Hall–Kier alpha value is -2.89. The molecule has 0 saturated carbocycles. The predicted octanol–water partition coefficient (Wildman–Crippen LogP) is 2.22. The van der Waals surface area contributed by atoms with Crippen LogP contribution in [0.3, 0.4) is 0 Å². The van der Waals surface area contributed by atoms with Crippen molar-refractivity contribution in [3.05, 3.63) is 53.9 Å². The van der Waals surface area contributed by atoms with Gasteiger partial charge in [0.25, 0.3) is 0 Å². The van der Waals surface area contributed by atoms with Gasteiger partial charge in [0, 0.05) is 11.9 Å². The van der Waals surface area contributed by atoms with Gasteiger partial charge in [-0.3, -0.25) is 0 Å². The fourth-order valence-corrected chi connectivity index (χ4v) is 1.59. The van der Waals surface area contributed by atoms with Crippen LogP contribution in [0.2, 0.25) is 0 Å². The van der Waals surface area contributed by atoms with Gasteiger partial charge in [0.1, 0.15) is 0 Å². The van der Waals surface area contributed by atoms with E-state index >= 15 is 0 Å². The Kier molecular flexibility index (Phi) is 3.42. The van der Waals surface area contributed by atoms with E-state index in [9.17, 15) is 9.59 Å². The van der Waals surface area contributed by atoms with Crippen molar-refractivity contribution < 1.29 is 19.8 Å². The molecular formula is C13H10N2O4. The number of aromatic nitrogens is 1. The average molecular weight is 258 g/mol. The third kappa shape index (κ3) is 2.68. The Morgan fingerprint density at radius 1 is 1.00 bits per heavy atom. The van der Waals surface area contributed by atoms with Crippen molar-refractivity contribution in [3.63, 3.8) is 0 Å². The van der Waals surface area contributed by atoms with Gasteiger partial charge in [0.2, 0.25) is 0 Å². The molecule has 0 aliphatic carbocycles. The number of hydrogen-bond donors (Lipinski definition) is 3. The second kappa shape index (κ2) is 5.18. The summed E-state index contributed by atoms with van der Waals surface area (Å²) < 4.78 is 0. The van der Waals surface area contributed by atoms with Gasteiger partial charge in [0.15, 0.2) is 5.69 Å². The van der Waals surface area contributed by atoms with Crippen molar-refractivity contribution in [3.8, 4) is 0 Å². The molecule has 6 heteroatoms. The van der Waals surface area contributed by atoms with Crippen LogP contribution in [0.25, 0.3) is 0 Å². The van der Waals surface area contributed by atoms with Crippen molar-refractivity contribution in [1.82, 2.24) is 4.98 Å². The molecule has 0 radical (unpaired) electrons. The van der Waals surface area contributed by atoms with Gasteiger partial charge < -0.3 is 15.5 Å². The summed E-state index contributed by atoms with van der Waals surface area (Å²) in [6, 6.07) is 9.94. The van der Waals surface area contributed by atoms with Crippen LogP contribution in [0.4, 0.5) is 11.4 Å². The number of nitrogens with one attached hydrogen (secondary N) is 1. The lowest BCUT2D eigenvalue weighted by Gasteiger charge is -2.11. The molecule has 2 aromatic rings. The predicted molar refractivity (Wildman–Crippen MR) is 67.9 cm³/mol. The molecule has 0 unspecified atom stereocenters. The number of carboxylic acid groups (broad SMARTS) is 2. The number of nitrogens with zero attached hydrogens (tertiary/aromatic N) is 1. The highest BCUT2D eigenvalue weighted by atomic mass is 16.4. The minimum Gasteiger partial charge on any atom is -0.478 e. The molecule has 0 aliphatic heterocycles. The zero-order valence-electron chi connectivity index (χ0n) is 9.70. The quantitative estimate of drug-likeness (QED) is 0.777. The first kappa shape index (κ1) is 12.6. The topological polar surface area (TPSA) is 99.5 Å². The molecule has 3 N–H and O–H groups in total. The van der Waals surface area contributed by atoms with Crippen LogP contribution in [0, 0.1) is 0 Å². The van der Waals surface area contributed by atoms with Crippen LogP contribution >= 0.6 is 0 Å². The largest absolute Gasteiger partial charge is 0.478 e. The minimum atomic E-state index is -1.29. The number of rotatable bonds is 4. The van der Waals surface area contributed by atoms with Crippen LogP contribution in [0.5, 0.6) is 0 Å². The van der Waals surface area contributed by atoms with E-state index in [1.54, 1.807) is 30.3 Å². The van der Waals surface area contributed by atoms with E-state index < -0.39 is 11.9 Å². The summed E-state index contributed by atoms with van der Waals surface area (Å²) in [5.41, 5.74) is 0.0780. The Balaban J connectivity index is 2.52. The minimum absolute atomic E-state index is 0.0336. The van der Waals surface area contributed by atoms with E-state index in [4.69, 9.17) is 10.2 Å². The molecule has 1 aromatic heterocycles. The van der Waals surface area contributed by atoms with Gasteiger partial charge in [-0.2, -0.15) is 0 Å². The number of carboxylic acids is 2. The van der Waals surface area contributed by atoms with E-state index in [-0.39, 0.29) is 16.9 Å². The van der Waals surface area contributed by atoms with Crippen LogP contribution in [-0.2, 0) is 0 Å². The van der Waals surface area contributed by atoms with Crippen LogP contribution in [0.1, 0.15) is 20.8 Å². The second-order valence-corrected chi connectivity index (χ2v) is 3.68. The Morgan fingerprint density at radius 2 is 1.68 bits per heavy atom. The first-order valence-electron chi connectivity index (χ1n) is 5.37. The molecular weight excluding hydrogens is 248 g/mol. The molecule has 2 rings (SSSR count). The van der Waals surface area contributed by atoms with Crippen LogP contribution in [-0.4, -0.2) is 27.1 Å². The molecule has 0 atom stereocenters. The van der Waals surface area contributed by atoms with Crippen molar-refractivity contribution in [2.75, 3.05) is 5.32 Å². The average Bonchev–Trinajstić information content (AvgIpc) is 2.39. The number of hydrogen-bond acceptors (Lipinski definition) is 4. The molecule has 19 heavy (non-hydrogen) atoms. The van der Waals surface area contributed by atoms with Crippen molar-refractivity contribution in [2.45, 2.75) is 0 Å². The van der Waals surface area contributed by atoms with Gasteiger partial charge in [-0.05, 0) is 18.2 Å². The van der Waals surface area contributed by atoms with Gasteiger partial charge in [-0.15, -0.1) is 0 Å². The van der Waals surface area contributed by atoms with Gasteiger partial charge in [-0.1, -0.05) is 18.2 Å². The molecule has 0 amide bonds. The molecule has 0 spiro atoms. The molecule has 6 nitrogen and oxygen atoms in total. The molecule has 0 saturated heterocycles. The van der Waals surface area contributed by atoms with Crippen LogP contribution in [0.15, 0.2) is 42.6 Å². The lowest BCUT2D eigenvalue weighted by Crippen LogP contribution is -2.11. The number of pyridine rings is 1. The molecule has 96 valence electrons. The van der Waals surface area contributed by atoms with Gasteiger partial charge in [0.05, 0.1) is 11.3 Å². The Morgan fingerprint density at radius 3 is 2.26 bits per heavy atom. The van der Waals surface area contributed by atoms with E-state index in [1.165, 1.54) is 6.07 Å². The number of anilines is 2. The van der Waals surface area contributed by atoms with E-state index in [0.717, 1.165) is 6.20 Å². The third-order valence-electron chi connectivity index (χ3n) is 2.43. The summed E-state index contributed by atoms with van der Waals surface area (Å²) in [5.74, 6) is -2.51. The first-order chi connectivity index (χ1) is 9.09. The molecule has 1 aromatic carbocycles. The summed E-state index contributed by atoms with van der Waals surface area (Å²) in [5, 5.41) is 20.9. The Bertz CT molecular complexity index is 594. The van der Waals surface area contributed by atoms with Gasteiger partial charge >= 0.3 is 11.9 Å². The molecule has 1 heterocycles. The standard InChI is InChI=1S/C13H10N2O4/c16-12(17)9-6-7-14-11(13(18)19)10(9)15-8-4-2-1-3-5-8/h1-7,15H,(H,16,17)(H,18,19). The zero-order chi connectivity index (χ0) is 13.8. The third-order valence-corrected chi connectivity index (χ3v) is 2.43. The summed E-state index contributed by atoms with van der Waals surface area (Å²) in [6.45, 7) is 0. The number of carbonyl (C=O) groups is 2. The van der Waals surface area contributed by atoms with E-state index in [2.05, 4.69) is 10.3 Å². The van der Waals surface area contributed by atoms with Crippen molar-refractivity contribution in [1.29, 1.82) is 0 Å². The summed E-state index contributed by atoms with van der Waals surface area (Å²) in [4.78, 5) is 25.9. The molecule has 0 aliphatic rings. The first-order valence-corrected chi connectivity index (χ1v) is 5.37. The maximum absolute atomic E-state index is 11.1. The van der Waals surface area contributed by atoms with E-state index in [1.807, 2.05) is 0 Å². The number of aromatic carboxylic acids is 2. The maximum atomic E-state index is 11.1. The maximum Gasteiger partial charge on any atom is 0.356 e. The smallest absolute Gasteiger partial charge is 0.356 e. The summed E-state index contributed by atoms with van der Waals surface area (Å²) in [6.07, 6.45) is 1.16. The lowest BCUT2D eigenvalue weighted by molar-refractivity contribution is 0.0691. The number of benzene rings is 1. The normalized spacial score (nSPS) is 9.89. The Labute approximate surface area is 108 Å². The highest BCUT2D eigenvalue weighted by Crippen LogP contribution is 2.24. The van der Waals surface area contributed by atoms with Crippen LogP contribution < -0.4 is 5.32 Å². The zero-order valence-corrected chi connectivity index (χ0v) is 9.70. The highest BCUT2D eigenvalue weighted by Gasteiger charge is 2.19. The molecule has 0 fully saturated rings. The fraction of sp³-hybridized carbons (Fsp3) is 0. The fourth-order valence-electron chi connectivity index (χ4n) is 1.59. The lowest BCUT2D eigenvalue weighted by atomic mass is 10.1. The summed E-state index contributed by atoms with van der Waals surface area (Å²) in [7, 11) is 0. The summed E-state index contributed by atoms with van der Waals surface area (Å²) >= 11 is 0. The highest BCUT2D eigenvalue weighted by molar-refractivity contribution is 6.02. The van der Waals surface area contributed by atoms with Gasteiger partial charge in [-0.25, -0.2) is 14.6 Å². The monoisotopic (exact) mass is 258 g/mol. The SMILES string of the molecule is O=C(O)c1ccnc(C(=O)O)c1Nc1ccccc1. The number of para-hydroxylation sites is 1. The molecule has 0 bridgehead atoms. The van der Waals surface area contributed by atoms with Crippen molar-refractivity contribution >= 4 is 23.3 Å². The second-order valence-electron chi connectivity index (χ2n) is 3.68.